The van der Waals surface area contributed by atoms with E-state index in [1.54, 1.807) is 0 Å². The van der Waals surface area contributed by atoms with E-state index in [-0.39, 0.29) is 19.0 Å². The Morgan fingerprint density at radius 2 is 2.07 bits per heavy atom. The maximum Gasteiger partial charge on any atom is 0.0558 e. The topological polar surface area (TPSA) is 23.5 Å². The van der Waals surface area contributed by atoms with Crippen molar-refractivity contribution in [2.24, 2.45) is 0 Å². The zero-order valence-electron chi connectivity index (χ0n) is 9.85. The van der Waals surface area contributed by atoms with Gasteiger partial charge < -0.3 is 10.0 Å². The SMILES string of the molecule is [2H]C(C(C)c1ccccc1)N(C)CCO. The van der Waals surface area contributed by atoms with Crippen molar-refractivity contribution < 1.29 is 6.48 Å². The fourth-order valence-corrected chi connectivity index (χ4v) is 1.46. The average molecular weight is 194 g/mol. The number of benzene rings is 1. The highest BCUT2D eigenvalue weighted by atomic mass is 16.3. The van der Waals surface area contributed by atoms with Crippen molar-refractivity contribution in [2.75, 3.05) is 26.7 Å². The van der Waals surface area contributed by atoms with Gasteiger partial charge in [-0.2, -0.15) is 0 Å². The molecule has 0 spiro atoms. The Hall–Kier alpha value is -0.860. The van der Waals surface area contributed by atoms with E-state index in [0.29, 0.717) is 6.54 Å². The first-order valence-corrected chi connectivity index (χ1v) is 4.95. The molecule has 0 aliphatic heterocycles. The van der Waals surface area contributed by atoms with Crippen LogP contribution in [-0.4, -0.2) is 36.7 Å². The van der Waals surface area contributed by atoms with Gasteiger partial charge in [-0.15, -0.1) is 0 Å². The Labute approximate surface area is 87.6 Å². The Kier molecular flexibility index (Phi) is 4.00. The third kappa shape index (κ3) is 3.48. The molecule has 0 heterocycles. The van der Waals surface area contributed by atoms with Crippen molar-refractivity contribution in [1.29, 1.82) is 0 Å². The van der Waals surface area contributed by atoms with E-state index in [1.165, 1.54) is 5.56 Å². The van der Waals surface area contributed by atoms with Gasteiger partial charge in [0.15, 0.2) is 0 Å². The third-order valence-corrected chi connectivity index (χ3v) is 2.26. The van der Waals surface area contributed by atoms with Crippen molar-refractivity contribution in [1.82, 2.24) is 4.90 Å². The van der Waals surface area contributed by atoms with Crippen LogP contribution < -0.4 is 0 Å². The van der Waals surface area contributed by atoms with E-state index in [2.05, 4.69) is 0 Å². The maximum atomic E-state index is 8.81. The summed E-state index contributed by atoms with van der Waals surface area (Å²) < 4.78 is 8.04. The molecule has 1 rings (SSSR count). The van der Waals surface area contributed by atoms with Crippen LogP contribution in [0.3, 0.4) is 0 Å². The number of likely N-dealkylation sites (N-methyl/N-ethyl adjacent to an activating group) is 1. The summed E-state index contributed by atoms with van der Waals surface area (Å²) in [7, 11) is 1.87. The quantitative estimate of drug-likeness (QED) is 0.771. The smallest absolute Gasteiger partial charge is 0.0558 e. The first-order valence-electron chi connectivity index (χ1n) is 5.53. The first-order chi connectivity index (χ1) is 7.16. The summed E-state index contributed by atoms with van der Waals surface area (Å²) in [4.78, 5) is 1.86. The summed E-state index contributed by atoms with van der Waals surface area (Å²) in [6.07, 6.45) is 0. The van der Waals surface area contributed by atoms with Crippen molar-refractivity contribution in [3.8, 4) is 0 Å². The van der Waals surface area contributed by atoms with E-state index in [0.717, 1.165) is 0 Å². The summed E-state index contributed by atoms with van der Waals surface area (Å²) in [6, 6.07) is 10.0. The number of hydrogen-bond donors (Lipinski definition) is 1. The van der Waals surface area contributed by atoms with Crippen LogP contribution in [0.4, 0.5) is 0 Å². The second-order valence-corrected chi connectivity index (χ2v) is 3.55. The molecule has 0 amide bonds. The lowest BCUT2D eigenvalue weighted by Crippen LogP contribution is -2.26. The molecule has 0 aromatic heterocycles. The standard InChI is InChI=1S/C12H19NO/c1-11(10-13(2)8-9-14)12-6-4-3-5-7-12/h3-7,11,14H,8-10H2,1-2H3/i10D. The second kappa shape index (κ2) is 5.78. The molecule has 0 aliphatic carbocycles. The number of hydrogen-bond acceptors (Lipinski definition) is 2. The average Bonchev–Trinajstić information content (AvgIpc) is 2.28. The molecule has 2 nitrogen and oxygen atoms in total. The fraction of sp³-hybridized carbons (Fsp3) is 0.500. The van der Waals surface area contributed by atoms with E-state index < -0.39 is 0 Å². The predicted octanol–water partition coefficient (Wildman–Crippen LogP) is 1.71. The highest BCUT2D eigenvalue weighted by molar-refractivity contribution is 5.18. The van der Waals surface area contributed by atoms with E-state index in [9.17, 15) is 0 Å². The van der Waals surface area contributed by atoms with Gasteiger partial charge in [0.2, 0.25) is 0 Å². The fourth-order valence-electron chi connectivity index (χ4n) is 1.46. The summed E-state index contributed by atoms with van der Waals surface area (Å²) in [5.41, 5.74) is 1.17. The monoisotopic (exact) mass is 194 g/mol. The molecule has 2 heteroatoms. The lowest BCUT2D eigenvalue weighted by Gasteiger charge is -2.20. The minimum atomic E-state index is -0.306. The van der Waals surface area contributed by atoms with Gasteiger partial charge in [0.05, 0.1) is 6.61 Å². The van der Waals surface area contributed by atoms with Gasteiger partial charge in [-0.05, 0) is 18.5 Å². The van der Waals surface area contributed by atoms with Gasteiger partial charge in [0.1, 0.15) is 0 Å². The summed E-state index contributed by atoms with van der Waals surface area (Å²) >= 11 is 0. The largest absolute Gasteiger partial charge is 0.395 e. The predicted molar refractivity (Wildman–Crippen MR) is 59.4 cm³/mol. The molecule has 0 radical (unpaired) electrons. The Bertz CT molecular complexity index is 278. The number of aliphatic hydroxyl groups excluding tert-OH is 1. The first kappa shape index (κ1) is 9.69. The number of rotatable bonds is 5. The number of nitrogens with zero attached hydrogens (tertiary/aromatic N) is 1. The van der Waals surface area contributed by atoms with Crippen LogP contribution in [-0.2, 0) is 0 Å². The number of aliphatic hydroxyl groups is 1. The van der Waals surface area contributed by atoms with Gasteiger partial charge >= 0.3 is 0 Å². The highest BCUT2D eigenvalue weighted by Gasteiger charge is 2.07. The van der Waals surface area contributed by atoms with Crippen molar-refractivity contribution in [3.63, 3.8) is 0 Å². The molecule has 1 N–H and O–H groups in total. The zero-order valence-corrected chi connectivity index (χ0v) is 8.85. The van der Waals surface area contributed by atoms with Crippen molar-refractivity contribution in [2.45, 2.75) is 12.8 Å². The van der Waals surface area contributed by atoms with Gasteiger partial charge in [0.25, 0.3) is 0 Å². The molecule has 0 bridgehead atoms. The summed E-state index contributed by atoms with van der Waals surface area (Å²) in [5.74, 6) is 0.155. The molecular formula is C12H19NO. The molecule has 0 saturated carbocycles. The highest BCUT2D eigenvalue weighted by Crippen LogP contribution is 2.14. The van der Waals surface area contributed by atoms with Crippen molar-refractivity contribution >= 4 is 0 Å². The second-order valence-electron chi connectivity index (χ2n) is 3.55. The molecule has 78 valence electrons. The summed E-state index contributed by atoms with van der Waals surface area (Å²) in [6.45, 7) is 2.39. The lowest BCUT2D eigenvalue weighted by atomic mass is 10.0. The maximum absolute atomic E-state index is 8.81. The van der Waals surface area contributed by atoms with Gasteiger partial charge in [-0.25, -0.2) is 0 Å². The minimum absolute atomic E-state index is 0.105. The normalized spacial score (nSPS) is 16.4. The van der Waals surface area contributed by atoms with Crippen LogP contribution in [0.2, 0.25) is 0 Å². The van der Waals surface area contributed by atoms with Gasteiger partial charge in [0, 0.05) is 14.4 Å². The van der Waals surface area contributed by atoms with Crippen LogP contribution in [0.1, 0.15) is 19.8 Å². The Morgan fingerprint density at radius 1 is 1.43 bits per heavy atom. The summed E-state index contributed by atoms with van der Waals surface area (Å²) in [5, 5.41) is 8.81. The van der Waals surface area contributed by atoms with E-state index in [1.807, 2.05) is 49.2 Å². The third-order valence-electron chi connectivity index (χ3n) is 2.26. The molecule has 1 aromatic rings. The lowest BCUT2D eigenvalue weighted by molar-refractivity contribution is 0.216. The molecule has 14 heavy (non-hydrogen) atoms. The molecular weight excluding hydrogens is 174 g/mol. The van der Waals surface area contributed by atoms with Crippen LogP contribution in [0, 0.1) is 0 Å². The molecule has 0 fully saturated rings. The van der Waals surface area contributed by atoms with E-state index in [4.69, 9.17) is 6.48 Å². The van der Waals surface area contributed by atoms with Crippen LogP contribution in [0.25, 0.3) is 0 Å². The van der Waals surface area contributed by atoms with Crippen LogP contribution in [0.15, 0.2) is 30.3 Å². The van der Waals surface area contributed by atoms with Crippen molar-refractivity contribution in [3.05, 3.63) is 35.9 Å². The Balaban J connectivity index is 2.64. The molecule has 0 aliphatic rings. The Morgan fingerprint density at radius 3 is 2.64 bits per heavy atom. The molecule has 0 saturated heterocycles. The van der Waals surface area contributed by atoms with E-state index >= 15 is 0 Å². The molecule has 2 atom stereocenters. The van der Waals surface area contributed by atoms with Crippen LogP contribution in [0.5, 0.6) is 0 Å². The minimum Gasteiger partial charge on any atom is -0.395 e. The van der Waals surface area contributed by atoms with Gasteiger partial charge in [-0.1, -0.05) is 37.3 Å². The molecule has 2 unspecified atom stereocenters. The van der Waals surface area contributed by atoms with Crippen LogP contribution >= 0.6 is 0 Å². The van der Waals surface area contributed by atoms with Gasteiger partial charge in [-0.3, -0.25) is 0 Å². The molecule has 1 aromatic carbocycles. The zero-order chi connectivity index (χ0) is 11.3.